The minimum absolute atomic E-state index is 0.0722. The molecule has 1 saturated heterocycles. The van der Waals surface area contributed by atoms with E-state index in [-0.39, 0.29) is 23.4 Å². The zero-order valence-electron chi connectivity index (χ0n) is 10.7. The van der Waals surface area contributed by atoms with Gasteiger partial charge >= 0.3 is 0 Å². The first-order valence-electron chi connectivity index (χ1n) is 6.14. The maximum atomic E-state index is 13.3. The second kappa shape index (κ2) is 5.45. The molecule has 4 heteroatoms. The van der Waals surface area contributed by atoms with Gasteiger partial charge < -0.3 is 9.47 Å². The molecular weight excluding hydrogens is 255 g/mol. The first-order valence-corrected chi connectivity index (χ1v) is 6.68. The van der Waals surface area contributed by atoms with Crippen LogP contribution in [0.15, 0.2) is 18.2 Å². The van der Waals surface area contributed by atoms with Gasteiger partial charge in [0.25, 0.3) is 0 Å². The van der Waals surface area contributed by atoms with Crippen LogP contribution >= 0.6 is 11.6 Å². The average molecular weight is 273 g/mol. The average Bonchev–Trinajstić information content (AvgIpc) is 2.65. The predicted molar refractivity (Wildman–Crippen MR) is 69.6 cm³/mol. The third kappa shape index (κ3) is 3.59. The zero-order chi connectivity index (χ0) is 13.2. The molecule has 100 valence electrons. The topological polar surface area (TPSA) is 18.5 Å². The van der Waals surface area contributed by atoms with Crippen molar-refractivity contribution in [1.82, 2.24) is 0 Å². The molecule has 1 aliphatic heterocycles. The van der Waals surface area contributed by atoms with Crippen molar-refractivity contribution < 1.29 is 13.9 Å². The quantitative estimate of drug-likeness (QED) is 0.774. The molecule has 1 aromatic carbocycles. The first kappa shape index (κ1) is 13.6. The number of ether oxygens (including phenoxy) is 2. The van der Waals surface area contributed by atoms with Crippen molar-refractivity contribution in [2.75, 3.05) is 6.61 Å². The Bertz CT molecular complexity index is 420. The Kier molecular flexibility index (Phi) is 4.13. The molecule has 2 rings (SSSR count). The normalized spacial score (nSPS) is 22.1. The second-order valence-corrected chi connectivity index (χ2v) is 5.55. The molecule has 0 radical (unpaired) electrons. The fraction of sp³-hybridized carbons (Fsp3) is 0.571. The SMILES string of the molecule is CC1(C)CCC(COc2cc(F)cc(CCl)c2)O1. The van der Waals surface area contributed by atoms with Crippen molar-refractivity contribution in [1.29, 1.82) is 0 Å². The van der Waals surface area contributed by atoms with Crippen molar-refractivity contribution in [3.63, 3.8) is 0 Å². The molecule has 0 saturated carbocycles. The zero-order valence-corrected chi connectivity index (χ0v) is 11.5. The van der Waals surface area contributed by atoms with E-state index in [1.54, 1.807) is 6.07 Å². The fourth-order valence-corrected chi connectivity index (χ4v) is 2.32. The molecule has 18 heavy (non-hydrogen) atoms. The van der Waals surface area contributed by atoms with E-state index in [9.17, 15) is 4.39 Å². The summed E-state index contributed by atoms with van der Waals surface area (Å²) in [5, 5.41) is 0. The van der Waals surface area contributed by atoms with Crippen LogP contribution in [-0.2, 0) is 10.6 Å². The summed E-state index contributed by atoms with van der Waals surface area (Å²) in [4.78, 5) is 0. The molecule has 1 atom stereocenters. The van der Waals surface area contributed by atoms with E-state index in [1.165, 1.54) is 12.1 Å². The summed E-state index contributed by atoms with van der Waals surface area (Å²) in [6.45, 7) is 4.59. The number of halogens is 2. The largest absolute Gasteiger partial charge is 0.491 e. The molecule has 1 unspecified atom stereocenters. The van der Waals surface area contributed by atoms with Crippen molar-refractivity contribution in [3.8, 4) is 5.75 Å². The van der Waals surface area contributed by atoms with Gasteiger partial charge in [0.2, 0.25) is 0 Å². The van der Waals surface area contributed by atoms with Gasteiger partial charge in [-0.15, -0.1) is 11.6 Å². The van der Waals surface area contributed by atoms with Crippen molar-refractivity contribution >= 4 is 11.6 Å². The highest BCUT2D eigenvalue weighted by atomic mass is 35.5. The Balaban J connectivity index is 1.92. The highest BCUT2D eigenvalue weighted by Crippen LogP contribution is 2.29. The number of hydrogen-bond acceptors (Lipinski definition) is 2. The highest BCUT2D eigenvalue weighted by molar-refractivity contribution is 6.17. The number of alkyl halides is 1. The Morgan fingerprint density at radius 2 is 2.22 bits per heavy atom. The van der Waals surface area contributed by atoms with Crippen LogP contribution in [0, 0.1) is 5.82 Å². The van der Waals surface area contributed by atoms with E-state index in [0.717, 1.165) is 18.4 Å². The maximum absolute atomic E-state index is 13.3. The number of rotatable bonds is 4. The lowest BCUT2D eigenvalue weighted by atomic mass is 10.1. The van der Waals surface area contributed by atoms with Gasteiger partial charge in [0.05, 0.1) is 11.7 Å². The summed E-state index contributed by atoms with van der Waals surface area (Å²) in [6, 6.07) is 4.54. The van der Waals surface area contributed by atoms with E-state index >= 15 is 0 Å². The molecule has 1 heterocycles. The van der Waals surface area contributed by atoms with Crippen molar-refractivity contribution in [2.24, 2.45) is 0 Å². The van der Waals surface area contributed by atoms with Gasteiger partial charge in [-0.3, -0.25) is 0 Å². The maximum Gasteiger partial charge on any atom is 0.127 e. The van der Waals surface area contributed by atoms with Gasteiger partial charge in [-0.25, -0.2) is 4.39 Å². The first-order chi connectivity index (χ1) is 8.48. The van der Waals surface area contributed by atoms with E-state index in [4.69, 9.17) is 21.1 Å². The smallest absolute Gasteiger partial charge is 0.127 e. The monoisotopic (exact) mass is 272 g/mol. The Morgan fingerprint density at radius 3 is 2.83 bits per heavy atom. The molecule has 1 aliphatic rings. The van der Waals surface area contributed by atoms with Gasteiger partial charge in [-0.05, 0) is 44.4 Å². The Hall–Kier alpha value is -0.800. The minimum Gasteiger partial charge on any atom is -0.491 e. The summed E-state index contributed by atoms with van der Waals surface area (Å²) in [5.74, 6) is 0.468. The molecule has 0 N–H and O–H groups in total. The van der Waals surface area contributed by atoms with Crippen molar-refractivity contribution in [2.45, 2.75) is 44.3 Å². The fourth-order valence-electron chi connectivity index (χ4n) is 2.17. The molecule has 0 spiro atoms. The molecule has 2 nitrogen and oxygen atoms in total. The van der Waals surface area contributed by atoms with Crippen LogP contribution in [0.3, 0.4) is 0 Å². The lowest BCUT2D eigenvalue weighted by Crippen LogP contribution is -2.23. The van der Waals surface area contributed by atoms with Crippen LogP contribution in [0.25, 0.3) is 0 Å². The molecule has 1 aromatic rings. The lowest BCUT2D eigenvalue weighted by molar-refractivity contribution is -0.0327. The predicted octanol–water partition coefficient (Wildman–Crippen LogP) is 3.90. The Morgan fingerprint density at radius 1 is 1.44 bits per heavy atom. The van der Waals surface area contributed by atoms with Crippen LogP contribution in [0.2, 0.25) is 0 Å². The third-order valence-electron chi connectivity index (χ3n) is 3.08. The minimum atomic E-state index is -0.323. The molecule has 0 amide bonds. The molecular formula is C14H18ClFO2. The summed E-state index contributed by atoms with van der Waals surface area (Å²) < 4.78 is 24.7. The van der Waals surface area contributed by atoms with Gasteiger partial charge in [-0.1, -0.05) is 0 Å². The van der Waals surface area contributed by atoms with E-state index < -0.39 is 0 Å². The summed E-state index contributed by atoms with van der Waals surface area (Å²) in [5.41, 5.74) is 0.649. The van der Waals surface area contributed by atoms with Gasteiger partial charge in [0.15, 0.2) is 0 Å². The third-order valence-corrected chi connectivity index (χ3v) is 3.38. The molecule has 0 bridgehead atoms. The highest BCUT2D eigenvalue weighted by Gasteiger charge is 2.31. The van der Waals surface area contributed by atoms with Gasteiger partial charge in [0.1, 0.15) is 18.2 Å². The lowest BCUT2D eigenvalue weighted by Gasteiger charge is -2.19. The van der Waals surface area contributed by atoms with Crippen LogP contribution < -0.4 is 4.74 Å². The molecule has 0 aromatic heterocycles. The van der Waals surface area contributed by atoms with Gasteiger partial charge in [-0.2, -0.15) is 0 Å². The summed E-state index contributed by atoms with van der Waals surface area (Å²) >= 11 is 5.69. The van der Waals surface area contributed by atoms with Crippen molar-refractivity contribution in [3.05, 3.63) is 29.6 Å². The number of benzene rings is 1. The number of hydrogen-bond donors (Lipinski definition) is 0. The summed E-state index contributed by atoms with van der Waals surface area (Å²) in [7, 11) is 0. The van der Waals surface area contributed by atoms with Crippen LogP contribution in [0.4, 0.5) is 4.39 Å². The van der Waals surface area contributed by atoms with Crippen LogP contribution in [0.1, 0.15) is 32.3 Å². The summed E-state index contributed by atoms with van der Waals surface area (Å²) in [6.07, 6.45) is 2.09. The molecule has 1 fully saturated rings. The molecule has 0 aliphatic carbocycles. The van der Waals surface area contributed by atoms with E-state index in [1.807, 2.05) is 0 Å². The second-order valence-electron chi connectivity index (χ2n) is 5.28. The standard InChI is InChI=1S/C14H18ClFO2/c1-14(2)4-3-12(18-14)9-17-13-6-10(8-15)5-11(16)7-13/h5-7,12H,3-4,8-9H2,1-2H3. The van der Waals surface area contributed by atoms with Crippen LogP contribution in [-0.4, -0.2) is 18.3 Å². The van der Waals surface area contributed by atoms with E-state index in [2.05, 4.69) is 13.8 Å². The van der Waals surface area contributed by atoms with Crippen LogP contribution in [0.5, 0.6) is 5.75 Å². The Labute approximate surface area is 112 Å². The van der Waals surface area contributed by atoms with Gasteiger partial charge in [0, 0.05) is 11.9 Å². The van der Waals surface area contributed by atoms with E-state index in [0.29, 0.717) is 12.4 Å².